The molecule has 0 heterocycles. The van der Waals surface area contributed by atoms with Crippen LogP contribution in [0.3, 0.4) is 0 Å². The number of hydrogen-bond donors (Lipinski definition) is 0. The molecular weight excluding hydrogens is 280 g/mol. The first-order chi connectivity index (χ1) is 8.79. The van der Waals surface area contributed by atoms with E-state index in [1.165, 1.54) is 23.6 Å². The molecule has 0 N–H and O–H groups in total. The van der Waals surface area contributed by atoms with Crippen LogP contribution in [-0.4, -0.2) is 37.7 Å². The van der Waals surface area contributed by atoms with Crippen LogP contribution in [0.15, 0.2) is 24.3 Å². The van der Waals surface area contributed by atoms with Gasteiger partial charge < -0.3 is 0 Å². The summed E-state index contributed by atoms with van der Waals surface area (Å²) in [6, 6.07) is 7.63. The number of rotatable bonds is 7. The summed E-state index contributed by atoms with van der Waals surface area (Å²) >= 11 is 1.36. The van der Waals surface area contributed by atoms with E-state index in [0.29, 0.717) is 23.0 Å². The minimum Gasteiger partial charge on any atom is -0.293 e. The molecule has 0 aliphatic heterocycles. The molecule has 0 radical (unpaired) electrons. The Balaban J connectivity index is 2.45. The predicted molar refractivity (Wildman–Crippen MR) is 81.9 cm³/mol. The molecule has 0 saturated carbocycles. The van der Waals surface area contributed by atoms with Crippen LogP contribution in [0.5, 0.6) is 0 Å². The molecule has 0 bridgehead atoms. The smallest absolute Gasteiger partial charge is 0.172 e. The molecule has 1 rings (SSSR count). The standard InChI is InChI=1S/C14H20O3S2/c1-11(2)12-4-6-13(7-5-12)14(15)10-18-8-9-19(3,16)17/h4-7,11H,8-10H2,1-3H3. The molecule has 19 heavy (non-hydrogen) atoms. The highest BCUT2D eigenvalue weighted by Gasteiger charge is 2.08. The van der Waals surface area contributed by atoms with Crippen LogP contribution >= 0.6 is 11.8 Å². The van der Waals surface area contributed by atoms with Gasteiger partial charge >= 0.3 is 0 Å². The van der Waals surface area contributed by atoms with Crippen LogP contribution in [0.2, 0.25) is 0 Å². The third-order valence-corrected chi connectivity index (χ3v) is 4.89. The van der Waals surface area contributed by atoms with Gasteiger partial charge in [-0.3, -0.25) is 4.79 Å². The van der Waals surface area contributed by atoms with Gasteiger partial charge in [-0.2, -0.15) is 11.8 Å². The van der Waals surface area contributed by atoms with Crippen molar-refractivity contribution in [3.63, 3.8) is 0 Å². The second-order valence-electron chi connectivity index (χ2n) is 4.88. The highest BCUT2D eigenvalue weighted by molar-refractivity contribution is 8.01. The van der Waals surface area contributed by atoms with Crippen molar-refractivity contribution in [2.45, 2.75) is 19.8 Å². The number of ketones is 1. The lowest BCUT2D eigenvalue weighted by Gasteiger charge is -2.06. The van der Waals surface area contributed by atoms with E-state index in [1.807, 2.05) is 24.3 Å². The fraction of sp³-hybridized carbons (Fsp3) is 0.500. The summed E-state index contributed by atoms with van der Waals surface area (Å²) in [5.74, 6) is 1.42. The average Bonchev–Trinajstić information content (AvgIpc) is 2.33. The topological polar surface area (TPSA) is 51.2 Å². The summed E-state index contributed by atoms with van der Waals surface area (Å²) in [4.78, 5) is 11.9. The third-order valence-electron chi connectivity index (χ3n) is 2.73. The Bertz CT molecular complexity index is 516. The van der Waals surface area contributed by atoms with Gasteiger partial charge in [0.2, 0.25) is 0 Å². The summed E-state index contributed by atoms with van der Waals surface area (Å²) in [7, 11) is -2.93. The van der Waals surface area contributed by atoms with Crippen LogP contribution in [0.4, 0.5) is 0 Å². The van der Waals surface area contributed by atoms with Crippen molar-refractivity contribution in [2.75, 3.05) is 23.5 Å². The van der Waals surface area contributed by atoms with Gasteiger partial charge in [0.1, 0.15) is 9.84 Å². The summed E-state index contributed by atoms with van der Waals surface area (Å²) < 4.78 is 21.9. The number of benzene rings is 1. The van der Waals surface area contributed by atoms with Gasteiger partial charge in [-0.25, -0.2) is 8.42 Å². The Kier molecular flexibility index (Phi) is 6.07. The number of hydrogen-bond acceptors (Lipinski definition) is 4. The van der Waals surface area contributed by atoms with Crippen molar-refractivity contribution in [1.29, 1.82) is 0 Å². The summed E-state index contributed by atoms with van der Waals surface area (Å²) in [6.07, 6.45) is 1.21. The van der Waals surface area contributed by atoms with E-state index in [0.717, 1.165) is 0 Å². The van der Waals surface area contributed by atoms with Gasteiger partial charge in [0.05, 0.1) is 11.5 Å². The summed E-state index contributed by atoms with van der Waals surface area (Å²) in [5.41, 5.74) is 1.90. The molecule has 0 amide bonds. The monoisotopic (exact) mass is 300 g/mol. The molecule has 106 valence electrons. The average molecular weight is 300 g/mol. The Labute approximate surface area is 119 Å². The minimum absolute atomic E-state index is 0.0498. The first kappa shape index (κ1) is 16.2. The largest absolute Gasteiger partial charge is 0.293 e. The van der Waals surface area contributed by atoms with Gasteiger partial charge in [-0.15, -0.1) is 0 Å². The zero-order valence-corrected chi connectivity index (χ0v) is 13.2. The maximum atomic E-state index is 11.9. The fourth-order valence-corrected chi connectivity index (χ4v) is 3.69. The van der Waals surface area contributed by atoms with Crippen LogP contribution in [-0.2, 0) is 9.84 Å². The molecular formula is C14H20O3S2. The zero-order chi connectivity index (χ0) is 14.5. The SMILES string of the molecule is CC(C)c1ccc(C(=O)CSCCS(C)(=O)=O)cc1. The van der Waals surface area contributed by atoms with Crippen molar-refractivity contribution >= 4 is 27.4 Å². The molecule has 0 aromatic heterocycles. The molecule has 0 spiro atoms. The van der Waals surface area contributed by atoms with E-state index < -0.39 is 9.84 Å². The van der Waals surface area contributed by atoms with E-state index in [9.17, 15) is 13.2 Å². The van der Waals surface area contributed by atoms with E-state index in [1.54, 1.807) is 0 Å². The van der Waals surface area contributed by atoms with Crippen LogP contribution in [0, 0.1) is 0 Å². The molecule has 0 unspecified atom stereocenters. The maximum absolute atomic E-state index is 11.9. The molecule has 0 aliphatic rings. The molecule has 0 atom stereocenters. The number of Topliss-reactive ketones (excluding diaryl/α,β-unsaturated/α-hetero) is 1. The van der Waals surface area contributed by atoms with Crippen molar-refractivity contribution in [3.05, 3.63) is 35.4 Å². The maximum Gasteiger partial charge on any atom is 0.172 e. The second-order valence-corrected chi connectivity index (χ2v) is 8.25. The van der Waals surface area contributed by atoms with Gasteiger partial charge in [0.15, 0.2) is 5.78 Å². The highest BCUT2D eigenvalue weighted by atomic mass is 32.2. The van der Waals surface area contributed by atoms with E-state index in [2.05, 4.69) is 13.8 Å². The molecule has 1 aromatic rings. The van der Waals surface area contributed by atoms with Gasteiger partial charge in [-0.05, 0) is 11.5 Å². The Morgan fingerprint density at radius 1 is 1.21 bits per heavy atom. The number of carbonyl (C=O) groups is 1. The molecule has 5 heteroatoms. The number of carbonyl (C=O) groups excluding carboxylic acids is 1. The summed E-state index contributed by atoms with van der Waals surface area (Å²) in [6.45, 7) is 4.22. The van der Waals surface area contributed by atoms with E-state index in [4.69, 9.17) is 0 Å². The molecule has 1 aromatic carbocycles. The first-order valence-electron chi connectivity index (χ1n) is 6.18. The fourth-order valence-electron chi connectivity index (χ4n) is 1.51. The lowest BCUT2D eigenvalue weighted by molar-refractivity contribution is 0.102. The number of thioether (sulfide) groups is 1. The molecule has 0 aliphatic carbocycles. The second kappa shape index (κ2) is 7.10. The predicted octanol–water partition coefficient (Wildman–Crippen LogP) is 2.77. The summed E-state index contributed by atoms with van der Waals surface area (Å²) in [5, 5.41) is 0. The Morgan fingerprint density at radius 2 is 1.79 bits per heavy atom. The lowest BCUT2D eigenvalue weighted by Crippen LogP contribution is -2.08. The van der Waals surface area contributed by atoms with E-state index in [-0.39, 0.29) is 11.5 Å². The van der Waals surface area contributed by atoms with Crippen molar-refractivity contribution in [2.24, 2.45) is 0 Å². The molecule has 0 saturated heterocycles. The minimum atomic E-state index is -2.93. The van der Waals surface area contributed by atoms with Crippen molar-refractivity contribution in [1.82, 2.24) is 0 Å². The zero-order valence-electron chi connectivity index (χ0n) is 11.5. The first-order valence-corrected chi connectivity index (χ1v) is 9.40. The normalized spacial score (nSPS) is 11.8. The van der Waals surface area contributed by atoms with Gasteiger partial charge in [-0.1, -0.05) is 38.1 Å². The molecule has 3 nitrogen and oxygen atoms in total. The van der Waals surface area contributed by atoms with Crippen molar-refractivity contribution < 1.29 is 13.2 Å². The van der Waals surface area contributed by atoms with Crippen LogP contribution in [0.1, 0.15) is 35.7 Å². The van der Waals surface area contributed by atoms with Gasteiger partial charge in [0.25, 0.3) is 0 Å². The molecule has 0 fully saturated rings. The third kappa shape index (κ3) is 6.25. The van der Waals surface area contributed by atoms with Crippen molar-refractivity contribution in [3.8, 4) is 0 Å². The number of sulfone groups is 1. The lowest BCUT2D eigenvalue weighted by atomic mass is 10.0. The Morgan fingerprint density at radius 3 is 2.26 bits per heavy atom. The van der Waals surface area contributed by atoms with Crippen LogP contribution in [0.25, 0.3) is 0 Å². The van der Waals surface area contributed by atoms with E-state index >= 15 is 0 Å². The van der Waals surface area contributed by atoms with Gasteiger partial charge in [0, 0.05) is 17.6 Å². The Hall–Kier alpha value is -0.810. The van der Waals surface area contributed by atoms with Crippen LogP contribution < -0.4 is 0 Å². The quantitative estimate of drug-likeness (QED) is 0.574. The highest BCUT2D eigenvalue weighted by Crippen LogP contribution is 2.16.